The molecule has 0 rings (SSSR count). The Morgan fingerprint density at radius 3 is 1.40 bits per heavy atom. The Hall–Kier alpha value is -0.360. The van der Waals surface area contributed by atoms with Gasteiger partial charge in [-0.05, 0) is 39.5 Å². The van der Waals surface area contributed by atoms with Crippen LogP contribution in [0.2, 0.25) is 0 Å². The van der Waals surface area contributed by atoms with Crippen molar-refractivity contribution in [3.8, 4) is 0 Å². The summed E-state index contributed by atoms with van der Waals surface area (Å²) in [5.74, 6) is -0.822. The van der Waals surface area contributed by atoms with Crippen molar-refractivity contribution in [2.45, 2.75) is 39.5 Å². The maximum absolute atomic E-state index is 12.0. The Bertz CT molecular complexity index is 308. The molecule has 116 valence electrons. The molecule has 4 nitrogen and oxygen atoms in total. The molecule has 0 heterocycles. The van der Waals surface area contributed by atoms with Crippen LogP contribution in [-0.2, 0) is 19.1 Å². The van der Waals surface area contributed by atoms with E-state index in [2.05, 4.69) is 31.9 Å². The molecule has 0 N–H and O–H groups in total. The zero-order valence-electron chi connectivity index (χ0n) is 12.0. The first kappa shape index (κ1) is 19.6. The first-order valence-electron chi connectivity index (χ1n) is 6.80. The zero-order valence-corrected chi connectivity index (χ0v) is 15.2. The van der Waals surface area contributed by atoms with Crippen molar-refractivity contribution in [3.05, 3.63) is 11.1 Å². The van der Waals surface area contributed by atoms with Crippen LogP contribution in [0, 0.1) is 0 Å². The first-order chi connectivity index (χ1) is 9.62. The van der Waals surface area contributed by atoms with E-state index in [0.29, 0.717) is 37.2 Å². The molecule has 6 heteroatoms. The Morgan fingerprint density at radius 2 is 1.15 bits per heavy atom. The van der Waals surface area contributed by atoms with Gasteiger partial charge in [0.05, 0.1) is 13.2 Å². The van der Waals surface area contributed by atoms with Crippen molar-refractivity contribution in [2.75, 3.05) is 23.9 Å². The van der Waals surface area contributed by atoms with Crippen molar-refractivity contribution >= 4 is 43.8 Å². The Labute approximate surface area is 137 Å². The topological polar surface area (TPSA) is 52.6 Å². The van der Waals surface area contributed by atoms with Crippen LogP contribution < -0.4 is 0 Å². The number of carbonyl (C=O) groups excluding carboxylic acids is 2. The standard InChI is InChI=1S/C14H22Br2O4/c1-3-19-13(17)11(7-5-9-15)12(8-6-10-16)14(18)20-4-2/h3-10H2,1-2H3/b12-11-. The molecule has 0 unspecified atom stereocenters. The molecule has 0 amide bonds. The summed E-state index contributed by atoms with van der Waals surface area (Å²) >= 11 is 6.67. The van der Waals surface area contributed by atoms with Crippen molar-refractivity contribution in [1.82, 2.24) is 0 Å². The highest BCUT2D eigenvalue weighted by atomic mass is 79.9. The Balaban J connectivity index is 5.31. The second-order valence-corrected chi connectivity index (χ2v) is 5.57. The highest BCUT2D eigenvalue weighted by Gasteiger charge is 2.22. The molecule has 0 saturated carbocycles. The van der Waals surface area contributed by atoms with Crippen LogP contribution >= 0.6 is 31.9 Å². The molecule has 0 spiro atoms. The van der Waals surface area contributed by atoms with Gasteiger partial charge in [0.1, 0.15) is 0 Å². The van der Waals surface area contributed by atoms with Gasteiger partial charge in [-0.15, -0.1) is 0 Å². The van der Waals surface area contributed by atoms with Crippen LogP contribution in [0.3, 0.4) is 0 Å². The molecule has 0 saturated heterocycles. The molecule has 0 aromatic carbocycles. The fraction of sp³-hybridized carbons (Fsp3) is 0.714. The van der Waals surface area contributed by atoms with Crippen LogP contribution in [0.25, 0.3) is 0 Å². The highest BCUT2D eigenvalue weighted by Crippen LogP contribution is 2.20. The van der Waals surface area contributed by atoms with E-state index in [1.54, 1.807) is 13.8 Å². The third kappa shape index (κ3) is 7.43. The van der Waals surface area contributed by atoms with E-state index in [1.807, 2.05) is 0 Å². The summed E-state index contributed by atoms with van der Waals surface area (Å²) in [6.45, 7) is 4.10. The van der Waals surface area contributed by atoms with Crippen molar-refractivity contribution in [2.24, 2.45) is 0 Å². The van der Waals surface area contributed by atoms with Gasteiger partial charge in [0.2, 0.25) is 0 Å². The molecule has 0 aliphatic carbocycles. The molecule has 0 aliphatic heterocycles. The Morgan fingerprint density at radius 1 is 0.800 bits per heavy atom. The maximum atomic E-state index is 12.0. The summed E-state index contributed by atoms with van der Waals surface area (Å²) in [5.41, 5.74) is 0.899. The van der Waals surface area contributed by atoms with Crippen LogP contribution in [-0.4, -0.2) is 35.8 Å². The molecular formula is C14H22Br2O4. The van der Waals surface area contributed by atoms with Gasteiger partial charge in [-0.1, -0.05) is 31.9 Å². The Kier molecular flexibility index (Phi) is 12.2. The quantitative estimate of drug-likeness (QED) is 0.311. The fourth-order valence-electron chi connectivity index (χ4n) is 1.68. The predicted octanol–water partition coefficient (Wildman–Crippen LogP) is 3.76. The smallest absolute Gasteiger partial charge is 0.334 e. The number of rotatable bonds is 10. The number of esters is 2. The number of hydrogen-bond donors (Lipinski definition) is 0. The van der Waals surface area contributed by atoms with Gasteiger partial charge in [-0.2, -0.15) is 0 Å². The van der Waals surface area contributed by atoms with Crippen LogP contribution in [0.4, 0.5) is 0 Å². The third-order valence-corrected chi connectivity index (χ3v) is 3.65. The number of carbonyl (C=O) groups is 2. The average molecular weight is 414 g/mol. The lowest BCUT2D eigenvalue weighted by atomic mass is 10.00. The van der Waals surface area contributed by atoms with Crippen molar-refractivity contribution < 1.29 is 19.1 Å². The highest BCUT2D eigenvalue weighted by molar-refractivity contribution is 9.09. The van der Waals surface area contributed by atoms with E-state index >= 15 is 0 Å². The lowest BCUT2D eigenvalue weighted by molar-refractivity contribution is -0.142. The lowest BCUT2D eigenvalue weighted by Crippen LogP contribution is -2.17. The van der Waals surface area contributed by atoms with Gasteiger partial charge in [-0.25, -0.2) is 9.59 Å². The van der Waals surface area contributed by atoms with E-state index in [-0.39, 0.29) is 0 Å². The van der Waals surface area contributed by atoms with Crippen molar-refractivity contribution in [1.29, 1.82) is 0 Å². The molecular weight excluding hydrogens is 392 g/mol. The second kappa shape index (κ2) is 12.4. The van der Waals surface area contributed by atoms with Crippen LogP contribution in [0.5, 0.6) is 0 Å². The van der Waals surface area contributed by atoms with Crippen LogP contribution in [0.1, 0.15) is 39.5 Å². The lowest BCUT2D eigenvalue weighted by Gasteiger charge is -2.13. The van der Waals surface area contributed by atoms with Gasteiger partial charge in [-0.3, -0.25) is 0 Å². The summed E-state index contributed by atoms with van der Waals surface area (Å²) in [6.07, 6.45) is 2.57. The number of halogens is 2. The molecule has 0 bridgehead atoms. The average Bonchev–Trinajstić information content (AvgIpc) is 2.42. The zero-order chi connectivity index (χ0) is 15.4. The van der Waals surface area contributed by atoms with E-state index in [0.717, 1.165) is 23.5 Å². The van der Waals surface area contributed by atoms with E-state index in [1.165, 1.54) is 0 Å². The largest absolute Gasteiger partial charge is 0.463 e. The maximum Gasteiger partial charge on any atom is 0.334 e. The monoisotopic (exact) mass is 412 g/mol. The summed E-state index contributed by atoms with van der Waals surface area (Å²) in [4.78, 5) is 24.1. The van der Waals surface area contributed by atoms with E-state index in [9.17, 15) is 9.59 Å². The predicted molar refractivity (Wildman–Crippen MR) is 86.3 cm³/mol. The van der Waals surface area contributed by atoms with Gasteiger partial charge < -0.3 is 9.47 Å². The minimum Gasteiger partial charge on any atom is -0.463 e. The van der Waals surface area contributed by atoms with Gasteiger partial charge in [0.25, 0.3) is 0 Å². The normalized spacial score (nSPS) is 11.8. The van der Waals surface area contributed by atoms with Gasteiger partial charge in [0.15, 0.2) is 0 Å². The summed E-state index contributed by atoms with van der Waals surface area (Å²) < 4.78 is 10.1. The van der Waals surface area contributed by atoms with E-state index < -0.39 is 11.9 Å². The van der Waals surface area contributed by atoms with Gasteiger partial charge >= 0.3 is 11.9 Å². The fourth-order valence-corrected chi connectivity index (χ4v) is 2.24. The minimum atomic E-state index is -0.411. The molecule has 0 aromatic rings. The molecule has 0 fully saturated rings. The summed E-state index contributed by atoms with van der Waals surface area (Å²) in [5, 5.41) is 1.54. The number of hydrogen-bond acceptors (Lipinski definition) is 4. The summed E-state index contributed by atoms with van der Waals surface area (Å²) in [6, 6.07) is 0. The molecule has 20 heavy (non-hydrogen) atoms. The van der Waals surface area contributed by atoms with E-state index in [4.69, 9.17) is 9.47 Å². The number of alkyl halides is 2. The number of ether oxygens (including phenoxy) is 2. The molecule has 0 aliphatic rings. The third-order valence-electron chi connectivity index (χ3n) is 2.53. The van der Waals surface area contributed by atoms with Gasteiger partial charge in [0, 0.05) is 21.8 Å². The second-order valence-electron chi connectivity index (χ2n) is 3.98. The molecule has 0 radical (unpaired) electrons. The SMILES string of the molecule is CCOC(=O)/C(CCCBr)=C(/CCCBr)C(=O)OCC. The van der Waals surface area contributed by atoms with Crippen molar-refractivity contribution in [3.63, 3.8) is 0 Å². The summed E-state index contributed by atoms with van der Waals surface area (Å²) in [7, 11) is 0. The van der Waals surface area contributed by atoms with Crippen LogP contribution in [0.15, 0.2) is 11.1 Å². The molecule has 0 atom stereocenters. The minimum absolute atomic E-state index is 0.297. The molecule has 0 aromatic heterocycles. The first-order valence-corrected chi connectivity index (χ1v) is 9.04.